The molecule has 0 saturated carbocycles. The zero-order valence-electron chi connectivity index (χ0n) is 12.8. The van der Waals surface area contributed by atoms with Gasteiger partial charge in [-0.1, -0.05) is 12.1 Å². The number of hydrogen-bond donors (Lipinski definition) is 2. The van der Waals surface area contributed by atoms with Crippen LogP contribution in [-0.2, 0) is 16.1 Å². The van der Waals surface area contributed by atoms with Crippen LogP contribution in [0.5, 0.6) is 0 Å². The maximum atomic E-state index is 12.0. The molecule has 2 aromatic rings. The molecule has 0 bridgehead atoms. The second kappa shape index (κ2) is 6.99. The predicted molar refractivity (Wildman–Crippen MR) is 83.5 cm³/mol. The van der Waals surface area contributed by atoms with Gasteiger partial charge in [-0.25, -0.2) is 4.98 Å². The van der Waals surface area contributed by atoms with Crippen LogP contribution < -0.4 is 5.32 Å². The fourth-order valence-corrected chi connectivity index (χ4v) is 2.23. The summed E-state index contributed by atoms with van der Waals surface area (Å²) >= 11 is 0. The largest absolute Gasteiger partial charge is 0.382 e. The molecule has 0 unspecified atom stereocenters. The number of nitrogens with zero attached hydrogens (tertiary/aromatic N) is 4. The minimum absolute atomic E-state index is 0.149. The third-order valence-corrected chi connectivity index (χ3v) is 3.54. The van der Waals surface area contributed by atoms with Crippen molar-refractivity contribution in [2.75, 3.05) is 6.54 Å². The van der Waals surface area contributed by atoms with Gasteiger partial charge in [0, 0.05) is 37.3 Å². The lowest BCUT2D eigenvalue weighted by molar-refractivity contribution is -0.131. The Kier molecular flexibility index (Phi) is 4.60. The number of H-pyrrole nitrogens is 1. The van der Waals surface area contributed by atoms with Crippen molar-refractivity contribution in [3.8, 4) is 11.4 Å². The highest BCUT2D eigenvalue weighted by Gasteiger charge is 2.26. The van der Waals surface area contributed by atoms with Crippen molar-refractivity contribution in [1.82, 2.24) is 25.5 Å². The molecule has 0 saturated heterocycles. The van der Waals surface area contributed by atoms with Crippen LogP contribution >= 0.6 is 0 Å². The van der Waals surface area contributed by atoms with E-state index in [1.165, 1.54) is 0 Å². The zero-order chi connectivity index (χ0) is 16.1. The highest BCUT2D eigenvalue weighted by atomic mass is 16.6. The van der Waals surface area contributed by atoms with Crippen LogP contribution in [0.3, 0.4) is 0 Å². The summed E-state index contributed by atoms with van der Waals surface area (Å²) in [7, 11) is 0. The van der Waals surface area contributed by atoms with Gasteiger partial charge in [0.2, 0.25) is 6.10 Å². The number of amides is 1. The lowest BCUT2D eigenvalue weighted by atomic mass is 10.1. The fraction of sp³-hybridized carbons (Fsp3) is 0.400. The van der Waals surface area contributed by atoms with E-state index in [1.54, 1.807) is 12.4 Å². The summed E-state index contributed by atoms with van der Waals surface area (Å²) in [5.74, 6) is 1.16. The van der Waals surface area contributed by atoms with E-state index in [0.29, 0.717) is 31.0 Å². The standard InChI is InChI=1S/C15H18N6O2/c1-2-11-8-12(23-21-11)15(22)17-7-5-13-18-14(20-19-13)10-4-3-6-16-9-10/h3-4,6,9,12H,2,5,7-8H2,1H3,(H,17,22)(H,18,19,20)/t12-/m0/s1. The Hall–Kier alpha value is -2.77. The minimum Gasteiger partial charge on any atom is -0.382 e. The quantitative estimate of drug-likeness (QED) is 0.830. The van der Waals surface area contributed by atoms with E-state index in [9.17, 15) is 4.79 Å². The molecule has 120 valence electrons. The summed E-state index contributed by atoms with van der Waals surface area (Å²) in [5.41, 5.74) is 1.77. The Bertz CT molecular complexity index is 697. The van der Waals surface area contributed by atoms with Crippen molar-refractivity contribution < 1.29 is 9.63 Å². The summed E-state index contributed by atoms with van der Waals surface area (Å²) in [6.07, 6.45) is 4.83. The van der Waals surface area contributed by atoms with Gasteiger partial charge in [-0.3, -0.25) is 14.9 Å². The minimum atomic E-state index is -0.509. The number of pyridine rings is 1. The molecule has 1 aliphatic rings. The van der Waals surface area contributed by atoms with E-state index < -0.39 is 6.10 Å². The van der Waals surface area contributed by atoms with Gasteiger partial charge < -0.3 is 10.2 Å². The van der Waals surface area contributed by atoms with Crippen LogP contribution in [0.4, 0.5) is 0 Å². The molecule has 1 atom stereocenters. The van der Waals surface area contributed by atoms with E-state index in [4.69, 9.17) is 4.84 Å². The molecule has 8 nitrogen and oxygen atoms in total. The van der Waals surface area contributed by atoms with E-state index in [1.807, 2.05) is 19.1 Å². The first kappa shape index (κ1) is 15.1. The Labute approximate surface area is 133 Å². The molecule has 0 aliphatic carbocycles. The first-order valence-corrected chi connectivity index (χ1v) is 7.57. The molecule has 1 aliphatic heterocycles. The zero-order valence-corrected chi connectivity index (χ0v) is 12.8. The highest BCUT2D eigenvalue weighted by Crippen LogP contribution is 2.13. The molecule has 3 rings (SSSR count). The third kappa shape index (κ3) is 3.71. The topological polar surface area (TPSA) is 105 Å². The number of hydrogen-bond acceptors (Lipinski definition) is 6. The van der Waals surface area contributed by atoms with Crippen LogP contribution in [0, 0.1) is 0 Å². The lowest BCUT2D eigenvalue weighted by Crippen LogP contribution is -2.36. The summed E-state index contributed by atoms with van der Waals surface area (Å²) in [6, 6.07) is 3.73. The summed E-state index contributed by atoms with van der Waals surface area (Å²) in [5, 5.41) is 13.7. The van der Waals surface area contributed by atoms with Gasteiger partial charge in [0.15, 0.2) is 5.82 Å². The average Bonchev–Trinajstić information content (AvgIpc) is 3.25. The normalized spacial score (nSPS) is 16.7. The molecule has 0 aromatic carbocycles. The third-order valence-electron chi connectivity index (χ3n) is 3.54. The number of aromatic nitrogens is 4. The Morgan fingerprint density at radius 2 is 2.43 bits per heavy atom. The molecule has 0 fully saturated rings. The SMILES string of the molecule is CCC1=NO[C@H](C(=O)NCCc2nc(-c3cccnc3)n[nH]2)C1. The first-order valence-electron chi connectivity index (χ1n) is 7.57. The molecule has 0 radical (unpaired) electrons. The Morgan fingerprint density at radius 1 is 1.52 bits per heavy atom. The molecule has 2 N–H and O–H groups in total. The maximum Gasteiger partial charge on any atom is 0.264 e. The van der Waals surface area contributed by atoms with E-state index >= 15 is 0 Å². The summed E-state index contributed by atoms with van der Waals surface area (Å²) in [4.78, 5) is 25.5. The first-order chi connectivity index (χ1) is 11.3. The number of carbonyl (C=O) groups excluding carboxylic acids is 1. The van der Waals surface area contributed by atoms with Crippen molar-refractivity contribution in [2.24, 2.45) is 5.16 Å². The van der Waals surface area contributed by atoms with Crippen molar-refractivity contribution >= 4 is 11.6 Å². The van der Waals surface area contributed by atoms with Crippen LogP contribution in [0.15, 0.2) is 29.7 Å². The number of carbonyl (C=O) groups is 1. The number of aromatic amines is 1. The van der Waals surface area contributed by atoms with Gasteiger partial charge in [-0.15, -0.1) is 0 Å². The maximum absolute atomic E-state index is 12.0. The van der Waals surface area contributed by atoms with Crippen molar-refractivity contribution in [3.63, 3.8) is 0 Å². The van der Waals surface area contributed by atoms with Crippen molar-refractivity contribution in [1.29, 1.82) is 0 Å². The van der Waals surface area contributed by atoms with Gasteiger partial charge in [-0.2, -0.15) is 5.10 Å². The number of oxime groups is 1. The summed E-state index contributed by atoms with van der Waals surface area (Å²) < 4.78 is 0. The smallest absolute Gasteiger partial charge is 0.264 e. The second-order valence-electron chi connectivity index (χ2n) is 5.20. The molecule has 0 spiro atoms. The van der Waals surface area contributed by atoms with Crippen LogP contribution in [-0.4, -0.2) is 44.4 Å². The molecule has 1 amide bonds. The molecular weight excluding hydrogens is 296 g/mol. The van der Waals surface area contributed by atoms with Gasteiger partial charge in [0.1, 0.15) is 5.82 Å². The van der Waals surface area contributed by atoms with E-state index in [-0.39, 0.29) is 5.91 Å². The van der Waals surface area contributed by atoms with Gasteiger partial charge in [-0.05, 0) is 18.6 Å². The molecule has 2 aromatic heterocycles. The molecule has 3 heterocycles. The predicted octanol–water partition coefficient (Wildman–Crippen LogP) is 1.08. The van der Waals surface area contributed by atoms with Crippen molar-refractivity contribution in [2.45, 2.75) is 32.3 Å². The average molecular weight is 314 g/mol. The Balaban J connectivity index is 1.46. The monoisotopic (exact) mass is 314 g/mol. The van der Waals surface area contributed by atoms with Gasteiger partial charge in [0.05, 0.1) is 5.71 Å². The van der Waals surface area contributed by atoms with Crippen molar-refractivity contribution in [3.05, 3.63) is 30.4 Å². The van der Waals surface area contributed by atoms with E-state index in [2.05, 4.69) is 30.6 Å². The summed E-state index contributed by atoms with van der Waals surface area (Å²) in [6.45, 7) is 2.45. The second-order valence-corrected chi connectivity index (χ2v) is 5.20. The van der Waals surface area contributed by atoms with Gasteiger partial charge in [0.25, 0.3) is 5.91 Å². The molecular formula is C15H18N6O2. The number of nitrogens with one attached hydrogen (secondary N) is 2. The van der Waals surface area contributed by atoms with Gasteiger partial charge >= 0.3 is 0 Å². The van der Waals surface area contributed by atoms with Crippen LogP contribution in [0.1, 0.15) is 25.6 Å². The van der Waals surface area contributed by atoms with Crippen LogP contribution in [0.25, 0.3) is 11.4 Å². The van der Waals surface area contributed by atoms with E-state index in [0.717, 1.165) is 17.7 Å². The van der Waals surface area contributed by atoms with Crippen LogP contribution in [0.2, 0.25) is 0 Å². The lowest BCUT2D eigenvalue weighted by Gasteiger charge is -2.08. The molecule has 8 heteroatoms. The molecule has 23 heavy (non-hydrogen) atoms. The fourth-order valence-electron chi connectivity index (χ4n) is 2.23. The Morgan fingerprint density at radius 3 is 3.17 bits per heavy atom. The number of rotatable bonds is 6. The highest BCUT2D eigenvalue weighted by molar-refractivity contribution is 5.92.